The normalized spacial score (nSPS) is 11.8. The van der Waals surface area contributed by atoms with Gasteiger partial charge in [-0.3, -0.25) is 0 Å². The molecule has 0 radical (unpaired) electrons. The number of benzene rings is 5. The van der Waals surface area contributed by atoms with Gasteiger partial charge in [-0.15, -0.1) is 0 Å². The van der Waals surface area contributed by atoms with Crippen molar-refractivity contribution >= 4 is 10.8 Å². The maximum absolute atomic E-state index is 4.99. The number of fused-ring (bicyclic) bond motifs is 4. The van der Waals surface area contributed by atoms with Gasteiger partial charge >= 0.3 is 0 Å². The zero-order valence-electron chi connectivity index (χ0n) is 22.1. The zero-order chi connectivity index (χ0) is 27.2. The average Bonchev–Trinajstić information content (AvgIpc) is 3.44. The fourth-order valence-electron chi connectivity index (χ4n) is 5.78. The maximum atomic E-state index is 4.99. The van der Waals surface area contributed by atoms with Crippen LogP contribution in [-0.2, 0) is 6.42 Å². The van der Waals surface area contributed by atoms with Crippen molar-refractivity contribution in [2.75, 3.05) is 0 Å². The Hall–Kier alpha value is -5.55. The summed E-state index contributed by atoms with van der Waals surface area (Å²) in [7, 11) is 0. The molecule has 0 spiro atoms. The van der Waals surface area contributed by atoms with E-state index >= 15 is 0 Å². The van der Waals surface area contributed by atoms with Crippen LogP contribution < -0.4 is 0 Å². The van der Waals surface area contributed by atoms with E-state index < -0.39 is 0 Å². The Labute approximate surface area is 237 Å². The van der Waals surface area contributed by atoms with Gasteiger partial charge in [0, 0.05) is 39.8 Å². The molecule has 5 nitrogen and oxygen atoms in total. The monoisotopic (exact) mass is 525 g/mol. The Morgan fingerprint density at radius 2 is 0.927 bits per heavy atom. The quantitative estimate of drug-likeness (QED) is 0.233. The van der Waals surface area contributed by atoms with Gasteiger partial charge in [-0.25, -0.2) is 24.9 Å². The average molecular weight is 526 g/mol. The van der Waals surface area contributed by atoms with E-state index in [4.69, 9.17) is 19.9 Å². The molecule has 0 atom stereocenters. The van der Waals surface area contributed by atoms with E-state index in [9.17, 15) is 0 Å². The molecule has 5 heteroatoms. The second-order valence-electron chi connectivity index (χ2n) is 10.1. The van der Waals surface area contributed by atoms with Gasteiger partial charge in [0.05, 0.1) is 11.4 Å². The van der Waals surface area contributed by atoms with E-state index in [-0.39, 0.29) is 0 Å². The molecular weight excluding hydrogens is 502 g/mol. The molecule has 1 aliphatic carbocycles. The minimum absolute atomic E-state index is 0.640. The minimum Gasteiger partial charge on any atom is -0.236 e. The van der Waals surface area contributed by atoms with Gasteiger partial charge in [-0.05, 0) is 16.3 Å². The van der Waals surface area contributed by atoms with E-state index in [1.807, 2.05) is 60.7 Å². The number of nitrogens with zero attached hydrogens (tertiary/aromatic N) is 5. The van der Waals surface area contributed by atoms with Crippen LogP contribution in [0.3, 0.4) is 0 Å². The first-order valence-corrected chi connectivity index (χ1v) is 13.6. The molecular formula is C36H23N5. The standard InChI is InChI=1S/C36H23N5/c1-3-11-23(12-4-1)34-39-35(24-13-5-2-6-14-24)41-36(40-34)30-20-10-17-27-28(30)18-9-19-29(27)33-31-21-25-15-7-8-16-26(25)32(31)37-22-38-33/h1-20,22H,21H2. The van der Waals surface area contributed by atoms with Crippen LogP contribution >= 0.6 is 0 Å². The Morgan fingerprint density at radius 3 is 1.61 bits per heavy atom. The molecule has 2 aromatic heterocycles. The molecule has 41 heavy (non-hydrogen) atoms. The summed E-state index contributed by atoms with van der Waals surface area (Å²) in [5, 5.41) is 2.17. The van der Waals surface area contributed by atoms with Crippen molar-refractivity contribution in [1.29, 1.82) is 0 Å². The largest absolute Gasteiger partial charge is 0.236 e. The summed E-state index contributed by atoms with van der Waals surface area (Å²) in [6, 6.07) is 41.3. The van der Waals surface area contributed by atoms with Crippen molar-refractivity contribution in [2.24, 2.45) is 0 Å². The summed E-state index contributed by atoms with van der Waals surface area (Å²) < 4.78 is 0. The first-order valence-electron chi connectivity index (χ1n) is 13.6. The van der Waals surface area contributed by atoms with E-state index in [2.05, 4.69) is 65.6 Å². The van der Waals surface area contributed by atoms with Gasteiger partial charge in [-0.1, -0.05) is 121 Å². The highest BCUT2D eigenvalue weighted by Gasteiger charge is 2.24. The molecule has 8 rings (SSSR count). The molecule has 0 saturated carbocycles. The molecule has 0 N–H and O–H groups in total. The lowest BCUT2D eigenvalue weighted by atomic mass is 9.95. The topological polar surface area (TPSA) is 64.5 Å². The number of hydrogen-bond donors (Lipinski definition) is 0. The lowest BCUT2D eigenvalue weighted by Crippen LogP contribution is -2.01. The van der Waals surface area contributed by atoms with Crippen LogP contribution in [0.5, 0.6) is 0 Å². The van der Waals surface area contributed by atoms with Crippen molar-refractivity contribution in [1.82, 2.24) is 24.9 Å². The third kappa shape index (κ3) is 3.98. The fourth-order valence-corrected chi connectivity index (χ4v) is 5.78. The second kappa shape index (κ2) is 9.57. The molecule has 0 unspecified atom stereocenters. The van der Waals surface area contributed by atoms with Gasteiger partial charge in [0.15, 0.2) is 17.5 Å². The van der Waals surface area contributed by atoms with Gasteiger partial charge < -0.3 is 0 Å². The van der Waals surface area contributed by atoms with Gasteiger partial charge in [0.25, 0.3) is 0 Å². The van der Waals surface area contributed by atoms with E-state index in [1.54, 1.807) is 6.33 Å². The first-order chi connectivity index (χ1) is 20.3. The number of hydrogen-bond acceptors (Lipinski definition) is 5. The van der Waals surface area contributed by atoms with Crippen molar-refractivity contribution < 1.29 is 0 Å². The van der Waals surface area contributed by atoms with Gasteiger partial charge in [0.2, 0.25) is 0 Å². The van der Waals surface area contributed by atoms with Crippen LogP contribution in [-0.4, -0.2) is 24.9 Å². The Morgan fingerprint density at radius 1 is 0.415 bits per heavy atom. The molecule has 0 aliphatic heterocycles. The Bertz CT molecular complexity index is 2010. The van der Waals surface area contributed by atoms with Crippen LogP contribution in [0.15, 0.2) is 128 Å². The van der Waals surface area contributed by atoms with Crippen LogP contribution in [0, 0.1) is 0 Å². The molecule has 0 saturated heterocycles. The zero-order valence-corrected chi connectivity index (χ0v) is 22.1. The molecule has 0 bridgehead atoms. The molecule has 2 heterocycles. The highest BCUT2D eigenvalue weighted by Crippen LogP contribution is 2.41. The lowest BCUT2D eigenvalue weighted by molar-refractivity contribution is 1.08. The van der Waals surface area contributed by atoms with E-state index in [0.717, 1.165) is 50.8 Å². The second-order valence-corrected chi connectivity index (χ2v) is 10.1. The molecule has 0 fully saturated rings. The summed E-state index contributed by atoms with van der Waals surface area (Å²) in [6.45, 7) is 0. The SMILES string of the molecule is c1ccc(-c2nc(-c3ccccc3)nc(-c3cccc4c(-c5ncnc6c5Cc5ccccc5-6)cccc34)n2)cc1. The van der Waals surface area contributed by atoms with Crippen LogP contribution in [0.25, 0.3) is 67.5 Å². The number of aromatic nitrogens is 5. The van der Waals surface area contributed by atoms with Crippen molar-refractivity contribution in [3.8, 4) is 56.7 Å². The van der Waals surface area contributed by atoms with E-state index in [1.165, 1.54) is 16.7 Å². The third-order valence-corrected chi connectivity index (χ3v) is 7.70. The Kier molecular flexibility index (Phi) is 5.45. The summed E-state index contributed by atoms with van der Waals surface area (Å²) in [5.74, 6) is 1.93. The molecule has 7 aromatic rings. The first kappa shape index (κ1) is 23.3. The summed E-state index contributed by atoms with van der Waals surface area (Å²) in [4.78, 5) is 24.3. The molecule has 5 aromatic carbocycles. The van der Waals surface area contributed by atoms with Crippen LogP contribution in [0.4, 0.5) is 0 Å². The minimum atomic E-state index is 0.640. The van der Waals surface area contributed by atoms with Crippen LogP contribution in [0.1, 0.15) is 11.1 Å². The molecule has 1 aliphatic rings. The summed E-state index contributed by atoms with van der Waals surface area (Å²) in [5.41, 5.74) is 9.58. The maximum Gasteiger partial charge on any atom is 0.164 e. The summed E-state index contributed by atoms with van der Waals surface area (Å²) >= 11 is 0. The van der Waals surface area contributed by atoms with Crippen LogP contribution in [0.2, 0.25) is 0 Å². The molecule has 192 valence electrons. The lowest BCUT2D eigenvalue weighted by Gasteiger charge is -2.13. The number of rotatable bonds is 4. The smallest absolute Gasteiger partial charge is 0.164 e. The van der Waals surface area contributed by atoms with Gasteiger partial charge in [-0.2, -0.15) is 0 Å². The summed E-state index contributed by atoms with van der Waals surface area (Å²) in [6.07, 6.45) is 2.51. The Balaban J connectivity index is 1.33. The third-order valence-electron chi connectivity index (χ3n) is 7.70. The van der Waals surface area contributed by atoms with Crippen molar-refractivity contribution in [2.45, 2.75) is 6.42 Å². The highest BCUT2D eigenvalue weighted by molar-refractivity contribution is 6.04. The predicted molar refractivity (Wildman–Crippen MR) is 163 cm³/mol. The van der Waals surface area contributed by atoms with Gasteiger partial charge in [0.1, 0.15) is 6.33 Å². The highest BCUT2D eigenvalue weighted by atomic mass is 15.0. The van der Waals surface area contributed by atoms with Crippen molar-refractivity contribution in [3.05, 3.63) is 139 Å². The molecule has 0 amide bonds. The predicted octanol–water partition coefficient (Wildman–Crippen LogP) is 8.05. The van der Waals surface area contributed by atoms with Crippen molar-refractivity contribution in [3.63, 3.8) is 0 Å². The van der Waals surface area contributed by atoms with E-state index in [0.29, 0.717) is 17.5 Å². The fraction of sp³-hybridized carbons (Fsp3) is 0.0278.